The van der Waals surface area contributed by atoms with E-state index < -0.39 is 0 Å². The highest BCUT2D eigenvalue weighted by molar-refractivity contribution is 5.09. The summed E-state index contributed by atoms with van der Waals surface area (Å²) < 4.78 is 0. The fraction of sp³-hybridized carbons (Fsp3) is 0.929. The van der Waals surface area contributed by atoms with E-state index in [0.29, 0.717) is 0 Å². The Balaban J connectivity index is 1.85. The maximum absolute atomic E-state index is 9.48. The lowest BCUT2D eigenvalue weighted by molar-refractivity contribution is 0.275. The standard InChI is InChI=1S/C14H25N3/c1-2-8-17-9-3-6-14(12-15,7-10-17)16-11-13-4-5-13/h13,16H,2-11H2,1H3. The summed E-state index contributed by atoms with van der Waals surface area (Å²) in [5, 5.41) is 13.0. The highest BCUT2D eigenvalue weighted by atomic mass is 15.1. The molecule has 2 fully saturated rings. The Hall–Kier alpha value is -0.590. The molecule has 3 heteroatoms. The first-order chi connectivity index (χ1) is 8.28. The SMILES string of the molecule is CCCN1CCCC(C#N)(NCC2CC2)CC1. The van der Waals surface area contributed by atoms with Gasteiger partial charge in [0, 0.05) is 6.54 Å². The van der Waals surface area contributed by atoms with Gasteiger partial charge in [0.2, 0.25) is 0 Å². The van der Waals surface area contributed by atoms with Gasteiger partial charge in [0.05, 0.1) is 6.07 Å². The molecular formula is C14H25N3. The topological polar surface area (TPSA) is 39.1 Å². The van der Waals surface area contributed by atoms with Gasteiger partial charge in [0.25, 0.3) is 0 Å². The Morgan fingerprint density at radius 3 is 2.82 bits per heavy atom. The molecule has 0 aromatic rings. The van der Waals surface area contributed by atoms with Gasteiger partial charge in [-0.05, 0) is 64.1 Å². The van der Waals surface area contributed by atoms with Crippen molar-refractivity contribution >= 4 is 0 Å². The molecule has 1 saturated carbocycles. The summed E-state index contributed by atoms with van der Waals surface area (Å²) in [6.07, 6.45) is 7.11. The van der Waals surface area contributed by atoms with Crippen LogP contribution in [0.1, 0.15) is 45.4 Å². The van der Waals surface area contributed by atoms with E-state index in [9.17, 15) is 5.26 Å². The van der Waals surface area contributed by atoms with Crippen LogP contribution >= 0.6 is 0 Å². The van der Waals surface area contributed by atoms with Crippen LogP contribution in [0, 0.1) is 17.2 Å². The summed E-state index contributed by atoms with van der Waals surface area (Å²) >= 11 is 0. The van der Waals surface area contributed by atoms with Crippen molar-refractivity contribution in [2.24, 2.45) is 5.92 Å². The summed E-state index contributed by atoms with van der Waals surface area (Å²) in [7, 11) is 0. The van der Waals surface area contributed by atoms with Gasteiger partial charge in [-0.2, -0.15) is 5.26 Å². The highest BCUT2D eigenvalue weighted by Gasteiger charge is 2.34. The second-order valence-corrected chi connectivity index (χ2v) is 5.71. The maximum atomic E-state index is 9.48. The van der Waals surface area contributed by atoms with Gasteiger partial charge in [-0.3, -0.25) is 5.32 Å². The number of nitrogens with zero attached hydrogens (tertiary/aromatic N) is 2. The minimum absolute atomic E-state index is 0.231. The van der Waals surface area contributed by atoms with E-state index in [0.717, 1.165) is 38.3 Å². The largest absolute Gasteiger partial charge is 0.303 e. The molecule has 1 saturated heterocycles. The van der Waals surface area contributed by atoms with Crippen molar-refractivity contribution < 1.29 is 0 Å². The molecule has 0 bridgehead atoms. The number of hydrogen-bond donors (Lipinski definition) is 1. The third kappa shape index (κ3) is 3.69. The average molecular weight is 235 g/mol. The van der Waals surface area contributed by atoms with Crippen LogP contribution in [0.5, 0.6) is 0 Å². The second kappa shape index (κ2) is 5.84. The summed E-state index contributed by atoms with van der Waals surface area (Å²) in [5.41, 5.74) is -0.231. The Morgan fingerprint density at radius 2 is 2.18 bits per heavy atom. The molecule has 1 N–H and O–H groups in total. The van der Waals surface area contributed by atoms with Crippen LogP contribution in [-0.2, 0) is 0 Å². The van der Waals surface area contributed by atoms with Crippen LogP contribution in [0.25, 0.3) is 0 Å². The number of nitrogens with one attached hydrogen (secondary N) is 1. The zero-order valence-corrected chi connectivity index (χ0v) is 11.0. The Morgan fingerprint density at radius 1 is 1.35 bits per heavy atom. The van der Waals surface area contributed by atoms with Gasteiger partial charge in [0.1, 0.15) is 5.54 Å². The fourth-order valence-electron chi connectivity index (χ4n) is 2.72. The lowest BCUT2D eigenvalue weighted by atomic mass is 9.92. The first kappa shape index (κ1) is 12.9. The van der Waals surface area contributed by atoms with E-state index in [-0.39, 0.29) is 5.54 Å². The minimum Gasteiger partial charge on any atom is -0.303 e. The maximum Gasteiger partial charge on any atom is 0.108 e. The molecule has 1 heterocycles. The predicted molar refractivity (Wildman–Crippen MR) is 69.7 cm³/mol. The number of hydrogen-bond acceptors (Lipinski definition) is 3. The molecule has 1 unspecified atom stereocenters. The zero-order valence-electron chi connectivity index (χ0n) is 11.0. The fourth-order valence-corrected chi connectivity index (χ4v) is 2.72. The zero-order chi connectivity index (χ0) is 12.1. The number of nitriles is 1. The molecule has 0 aromatic carbocycles. The molecule has 1 atom stereocenters. The number of rotatable bonds is 5. The quantitative estimate of drug-likeness (QED) is 0.793. The monoisotopic (exact) mass is 235 g/mol. The van der Waals surface area contributed by atoms with Crippen molar-refractivity contribution in [2.75, 3.05) is 26.2 Å². The molecule has 0 aromatic heterocycles. The van der Waals surface area contributed by atoms with Crippen LogP contribution in [0.15, 0.2) is 0 Å². The lowest BCUT2D eigenvalue weighted by Gasteiger charge is -2.27. The van der Waals surface area contributed by atoms with Gasteiger partial charge in [-0.25, -0.2) is 0 Å². The normalized spacial score (nSPS) is 30.8. The number of likely N-dealkylation sites (tertiary alicyclic amines) is 1. The van der Waals surface area contributed by atoms with Crippen molar-refractivity contribution in [1.29, 1.82) is 5.26 Å². The highest BCUT2D eigenvalue weighted by Crippen LogP contribution is 2.30. The van der Waals surface area contributed by atoms with E-state index in [1.807, 2.05) is 0 Å². The van der Waals surface area contributed by atoms with Crippen LogP contribution < -0.4 is 5.32 Å². The molecular weight excluding hydrogens is 210 g/mol. The summed E-state index contributed by atoms with van der Waals surface area (Å²) in [5.74, 6) is 0.857. The molecule has 0 radical (unpaired) electrons. The summed E-state index contributed by atoms with van der Waals surface area (Å²) in [4.78, 5) is 2.51. The third-order valence-corrected chi connectivity index (χ3v) is 4.11. The van der Waals surface area contributed by atoms with Gasteiger partial charge >= 0.3 is 0 Å². The van der Waals surface area contributed by atoms with Crippen molar-refractivity contribution in [1.82, 2.24) is 10.2 Å². The molecule has 0 spiro atoms. The van der Waals surface area contributed by atoms with Gasteiger partial charge in [0.15, 0.2) is 0 Å². The van der Waals surface area contributed by atoms with Crippen molar-refractivity contribution in [3.63, 3.8) is 0 Å². The smallest absolute Gasteiger partial charge is 0.108 e. The van der Waals surface area contributed by atoms with E-state index in [2.05, 4.69) is 23.2 Å². The third-order valence-electron chi connectivity index (χ3n) is 4.11. The molecule has 2 rings (SSSR count). The molecule has 1 aliphatic heterocycles. The van der Waals surface area contributed by atoms with E-state index in [1.165, 1.54) is 32.4 Å². The average Bonchev–Trinajstić information content (AvgIpc) is 3.15. The van der Waals surface area contributed by atoms with Crippen molar-refractivity contribution in [2.45, 2.75) is 51.0 Å². The van der Waals surface area contributed by atoms with Crippen LogP contribution in [0.3, 0.4) is 0 Å². The van der Waals surface area contributed by atoms with E-state index in [1.54, 1.807) is 0 Å². The molecule has 3 nitrogen and oxygen atoms in total. The first-order valence-electron chi connectivity index (χ1n) is 7.16. The Kier molecular flexibility index (Phi) is 4.42. The summed E-state index contributed by atoms with van der Waals surface area (Å²) in [6.45, 7) is 6.72. The van der Waals surface area contributed by atoms with Gasteiger partial charge in [-0.15, -0.1) is 0 Å². The van der Waals surface area contributed by atoms with Gasteiger partial charge < -0.3 is 4.90 Å². The molecule has 2 aliphatic rings. The van der Waals surface area contributed by atoms with Crippen LogP contribution in [-0.4, -0.2) is 36.6 Å². The molecule has 1 aliphatic carbocycles. The minimum atomic E-state index is -0.231. The molecule has 0 amide bonds. The first-order valence-corrected chi connectivity index (χ1v) is 7.16. The Bertz CT molecular complexity index is 280. The van der Waals surface area contributed by atoms with Crippen molar-refractivity contribution in [3.05, 3.63) is 0 Å². The second-order valence-electron chi connectivity index (χ2n) is 5.71. The summed E-state index contributed by atoms with van der Waals surface area (Å²) in [6, 6.07) is 2.57. The van der Waals surface area contributed by atoms with E-state index >= 15 is 0 Å². The van der Waals surface area contributed by atoms with Gasteiger partial charge in [-0.1, -0.05) is 6.92 Å². The molecule has 17 heavy (non-hydrogen) atoms. The predicted octanol–water partition coefficient (Wildman–Crippen LogP) is 2.14. The Labute approximate surface area is 105 Å². The van der Waals surface area contributed by atoms with Crippen molar-refractivity contribution in [3.8, 4) is 6.07 Å². The lowest BCUT2D eigenvalue weighted by Crippen LogP contribution is -2.45. The molecule has 96 valence electrons. The van der Waals surface area contributed by atoms with Crippen LogP contribution in [0.2, 0.25) is 0 Å². The van der Waals surface area contributed by atoms with E-state index in [4.69, 9.17) is 0 Å². The van der Waals surface area contributed by atoms with Crippen LogP contribution in [0.4, 0.5) is 0 Å².